The molecule has 1 aliphatic heterocycles. The molecule has 5 N–H and O–H groups in total. The number of rotatable bonds is 43. The van der Waals surface area contributed by atoms with Crippen LogP contribution in [0.2, 0.25) is 0 Å². The van der Waals surface area contributed by atoms with Gasteiger partial charge in [-0.05, 0) is 12.8 Å². The van der Waals surface area contributed by atoms with Crippen LogP contribution in [0.4, 0.5) is 0 Å². The van der Waals surface area contributed by atoms with E-state index in [2.05, 4.69) is 13.8 Å². The molecular formula is C47H91O13P. The molecule has 1 saturated heterocycles. The first-order chi connectivity index (χ1) is 29.5. The quantitative estimate of drug-likeness (QED) is 0.0220. The van der Waals surface area contributed by atoms with Crippen molar-refractivity contribution in [1.82, 2.24) is 0 Å². The summed E-state index contributed by atoms with van der Waals surface area (Å²) >= 11 is 0. The van der Waals surface area contributed by atoms with Crippen molar-refractivity contribution in [2.45, 2.75) is 269 Å². The molecule has 0 aliphatic carbocycles. The molecule has 7 atom stereocenters. The molecule has 61 heavy (non-hydrogen) atoms. The lowest BCUT2D eigenvalue weighted by Gasteiger charge is -2.39. The third kappa shape index (κ3) is 32.2. The van der Waals surface area contributed by atoms with Gasteiger partial charge in [0.05, 0.1) is 13.2 Å². The summed E-state index contributed by atoms with van der Waals surface area (Å²) in [6, 6.07) is 0. The molecule has 0 amide bonds. The number of carbonyl (C=O) groups excluding carboxylic acids is 2. The summed E-state index contributed by atoms with van der Waals surface area (Å²) in [7, 11) is -5.02. The summed E-state index contributed by atoms with van der Waals surface area (Å²) in [4.78, 5) is 35.8. The van der Waals surface area contributed by atoms with Gasteiger partial charge in [0.15, 0.2) is 12.4 Å². The zero-order valence-electron chi connectivity index (χ0n) is 38.6. The summed E-state index contributed by atoms with van der Waals surface area (Å²) in [6.45, 7) is 2.66. The maximum atomic E-state index is 12.8. The molecule has 14 heteroatoms. The Morgan fingerprint density at radius 2 is 0.885 bits per heavy atom. The second-order valence-electron chi connectivity index (χ2n) is 17.5. The van der Waals surface area contributed by atoms with Gasteiger partial charge in [0.25, 0.3) is 0 Å². The molecule has 0 aromatic rings. The van der Waals surface area contributed by atoms with Crippen LogP contribution >= 0.6 is 7.82 Å². The average Bonchev–Trinajstić information content (AvgIpc) is 3.24. The van der Waals surface area contributed by atoms with Crippen LogP contribution < -0.4 is 0 Å². The lowest BCUT2D eigenvalue weighted by Crippen LogP contribution is -2.58. The van der Waals surface area contributed by atoms with E-state index in [-0.39, 0.29) is 12.8 Å². The average molecular weight is 895 g/mol. The van der Waals surface area contributed by atoms with Gasteiger partial charge in [0, 0.05) is 12.8 Å². The van der Waals surface area contributed by atoms with Crippen LogP contribution in [0.5, 0.6) is 0 Å². The Hall–Kier alpha value is -1.15. The summed E-state index contributed by atoms with van der Waals surface area (Å²) < 4.78 is 38.8. The molecule has 0 bridgehead atoms. The minimum atomic E-state index is -5.02. The smallest absolute Gasteiger partial charge is 0.462 e. The van der Waals surface area contributed by atoms with Crippen LogP contribution in [0.15, 0.2) is 0 Å². The van der Waals surface area contributed by atoms with E-state index in [9.17, 15) is 39.5 Å². The molecule has 3 unspecified atom stereocenters. The predicted octanol–water partition coefficient (Wildman–Crippen LogP) is 10.7. The Labute approximate surface area is 370 Å². The van der Waals surface area contributed by atoms with Crippen molar-refractivity contribution in [2.24, 2.45) is 0 Å². The van der Waals surface area contributed by atoms with E-state index in [0.717, 1.165) is 38.5 Å². The zero-order valence-corrected chi connectivity index (χ0v) is 39.5. The lowest BCUT2D eigenvalue weighted by molar-refractivity contribution is -0.281. The van der Waals surface area contributed by atoms with Crippen LogP contribution in [0.1, 0.15) is 232 Å². The Bertz CT molecular complexity index is 1080. The molecule has 1 aliphatic rings. The SMILES string of the molecule is CCCCCCCCCCCCCCCCCCCC(=O)O[C@H](COC(=O)CCCCCCCCCCCCCCCCC)COP(=O)(O)O[C@@H]1O[C@H](CO)[C@@H](O)C(O)C1O. The van der Waals surface area contributed by atoms with Crippen LogP contribution in [0.3, 0.4) is 0 Å². The van der Waals surface area contributed by atoms with Gasteiger partial charge in [-0.15, -0.1) is 0 Å². The fourth-order valence-electron chi connectivity index (χ4n) is 7.75. The van der Waals surface area contributed by atoms with Gasteiger partial charge in [-0.2, -0.15) is 0 Å². The number of unbranched alkanes of at least 4 members (excludes halogenated alkanes) is 30. The molecule has 0 radical (unpaired) electrons. The van der Waals surface area contributed by atoms with E-state index >= 15 is 0 Å². The standard InChI is InChI=1S/C47H91O13P/c1-3-5-7-9-11-13-15-17-19-20-22-24-26-28-30-32-34-36-43(50)58-40(39-57-61(54,55)60-47-46(53)45(52)44(51)41(37-48)59-47)38-56-42(49)35-33-31-29-27-25-23-21-18-16-14-12-10-8-6-4-2/h40-41,44-48,51-53H,3-39H2,1-2H3,(H,54,55)/t40-,41-,44-,45?,46?,47+/m1/s1. The molecule has 362 valence electrons. The van der Waals surface area contributed by atoms with Crippen molar-refractivity contribution >= 4 is 19.8 Å². The summed E-state index contributed by atoms with van der Waals surface area (Å²) in [6.07, 6.45) is 29.3. The molecule has 0 aromatic heterocycles. The van der Waals surface area contributed by atoms with Crippen LogP contribution in [-0.2, 0) is 37.4 Å². The number of esters is 2. The molecule has 13 nitrogen and oxygen atoms in total. The fourth-order valence-corrected chi connectivity index (χ4v) is 8.60. The topological polar surface area (TPSA) is 199 Å². The number of aliphatic hydroxyl groups excluding tert-OH is 4. The Morgan fingerprint density at radius 1 is 0.525 bits per heavy atom. The fraction of sp³-hybridized carbons (Fsp3) is 0.957. The normalized spacial score (nSPS) is 20.7. The number of hydrogen-bond donors (Lipinski definition) is 5. The first-order valence-electron chi connectivity index (χ1n) is 24.9. The lowest BCUT2D eigenvalue weighted by atomic mass is 10.00. The first kappa shape index (κ1) is 57.9. The molecule has 0 saturated carbocycles. The highest BCUT2D eigenvalue weighted by atomic mass is 31.2. The Balaban J connectivity index is 2.39. The summed E-state index contributed by atoms with van der Waals surface area (Å²) in [5.41, 5.74) is 0. The van der Waals surface area contributed by atoms with Gasteiger partial charge in [-0.25, -0.2) is 4.57 Å². The molecule has 1 fully saturated rings. The van der Waals surface area contributed by atoms with E-state index in [1.165, 1.54) is 154 Å². The van der Waals surface area contributed by atoms with E-state index < -0.39 is 76.4 Å². The van der Waals surface area contributed by atoms with Gasteiger partial charge < -0.3 is 39.5 Å². The molecule has 1 heterocycles. The van der Waals surface area contributed by atoms with Crippen LogP contribution in [0, 0.1) is 0 Å². The maximum Gasteiger partial charge on any atom is 0.474 e. The number of hydrogen-bond acceptors (Lipinski definition) is 12. The first-order valence-corrected chi connectivity index (χ1v) is 26.4. The van der Waals surface area contributed by atoms with Gasteiger partial charge in [-0.1, -0.05) is 206 Å². The summed E-state index contributed by atoms with van der Waals surface area (Å²) in [5, 5.41) is 39.6. The molecule has 1 rings (SSSR count). The number of carbonyl (C=O) groups is 2. The van der Waals surface area contributed by atoms with Crippen molar-refractivity contribution in [3.63, 3.8) is 0 Å². The van der Waals surface area contributed by atoms with Crippen LogP contribution in [-0.4, -0.2) is 93.9 Å². The van der Waals surface area contributed by atoms with Gasteiger partial charge in [0.2, 0.25) is 0 Å². The second kappa shape index (κ2) is 39.2. The van der Waals surface area contributed by atoms with Gasteiger partial charge >= 0.3 is 19.8 Å². The minimum absolute atomic E-state index is 0.125. The van der Waals surface area contributed by atoms with E-state index in [0.29, 0.717) is 12.8 Å². The number of phosphoric acid groups is 1. The highest BCUT2D eigenvalue weighted by Gasteiger charge is 2.47. The third-order valence-electron chi connectivity index (χ3n) is 11.7. The van der Waals surface area contributed by atoms with Crippen molar-refractivity contribution in [2.75, 3.05) is 19.8 Å². The van der Waals surface area contributed by atoms with Gasteiger partial charge in [-0.3, -0.25) is 18.6 Å². The van der Waals surface area contributed by atoms with Crippen molar-refractivity contribution in [3.8, 4) is 0 Å². The second-order valence-corrected chi connectivity index (χ2v) is 18.9. The molecule has 0 aromatic carbocycles. The molecule has 0 spiro atoms. The van der Waals surface area contributed by atoms with E-state index in [1.807, 2.05) is 0 Å². The Morgan fingerprint density at radius 3 is 1.26 bits per heavy atom. The Kier molecular flexibility index (Phi) is 37.2. The van der Waals surface area contributed by atoms with E-state index in [4.69, 9.17) is 23.3 Å². The monoisotopic (exact) mass is 895 g/mol. The number of phosphoric ester groups is 1. The minimum Gasteiger partial charge on any atom is -0.462 e. The van der Waals surface area contributed by atoms with E-state index in [1.54, 1.807) is 0 Å². The van der Waals surface area contributed by atoms with Crippen molar-refractivity contribution < 1.29 is 62.7 Å². The van der Waals surface area contributed by atoms with Gasteiger partial charge in [0.1, 0.15) is 31.0 Å². The number of ether oxygens (including phenoxy) is 3. The van der Waals surface area contributed by atoms with Crippen molar-refractivity contribution in [1.29, 1.82) is 0 Å². The van der Waals surface area contributed by atoms with Crippen molar-refractivity contribution in [3.05, 3.63) is 0 Å². The zero-order chi connectivity index (χ0) is 44.8. The summed E-state index contributed by atoms with van der Waals surface area (Å²) in [5.74, 6) is -1.04. The predicted molar refractivity (Wildman–Crippen MR) is 240 cm³/mol. The third-order valence-corrected chi connectivity index (χ3v) is 12.7. The maximum absolute atomic E-state index is 12.8. The highest BCUT2D eigenvalue weighted by Crippen LogP contribution is 2.46. The number of aliphatic hydroxyl groups is 4. The molecular weight excluding hydrogens is 803 g/mol. The van der Waals surface area contributed by atoms with Crippen LogP contribution in [0.25, 0.3) is 0 Å². The largest absolute Gasteiger partial charge is 0.474 e. The highest BCUT2D eigenvalue weighted by molar-refractivity contribution is 7.47.